The van der Waals surface area contributed by atoms with Crippen molar-refractivity contribution in [1.29, 1.82) is 0 Å². The van der Waals surface area contributed by atoms with Gasteiger partial charge in [0.15, 0.2) is 0 Å². The Kier molecular flexibility index (Phi) is 3.80. The van der Waals surface area contributed by atoms with Crippen LogP contribution in [0.3, 0.4) is 0 Å². The Bertz CT molecular complexity index is 401. The highest BCUT2D eigenvalue weighted by Crippen LogP contribution is 2.36. The summed E-state index contributed by atoms with van der Waals surface area (Å²) in [6, 6.07) is 5.04. The molecule has 1 atom stereocenters. The van der Waals surface area contributed by atoms with Crippen molar-refractivity contribution in [1.82, 2.24) is 0 Å². The minimum absolute atomic E-state index is 0.137. The molecule has 0 spiro atoms. The summed E-state index contributed by atoms with van der Waals surface area (Å²) in [5.41, 5.74) is 5.14. The Labute approximate surface area is 104 Å². The molecule has 0 radical (unpaired) electrons. The van der Waals surface area contributed by atoms with E-state index >= 15 is 0 Å². The van der Waals surface area contributed by atoms with Crippen molar-refractivity contribution in [2.75, 3.05) is 6.61 Å². The van der Waals surface area contributed by atoms with E-state index in [1.54, 1.807) is 0 Å². The van der Waals surface area contributed by atoms with Crippen molar-refractivity contribution >= 4 is 0 Å². The lowest BCUT2D eigenvalue weighted by atomic mass is 9.80. The van der Waals surface area contributed by atoms with Gasteiger partial charge in [0.05, 0.1) is 5.56 Å². The first kappa shape index (κ1) is 13.2. The Hall–Kier alpha value is -1.23. The van der Waals surface area contributed by atoms with Crippen LogP contribution >= 0.6 is 0 Å². The molecule has 2 nitrogen and oxygen atoms in total. The Morgan fingerprint density at radius 3 is 2.50 bits per heavy atom. The van der Waals surface area contributed by atoms with Crippen molar-refractivity contribution in [3.8, 4) is 5.75 Å². The molecule has 2 rings (SSSR count). The molecular weight excluding hydrogens is 243 g/mol. The maximum atomic E-state index is 12.7. The van der Waals surface area contributed by atoms with Gasteiger partial charge in [-0.05, 0) is 30.9 Å². The van der Waals surface area contributed by atoms with Crippen molar-refractivity contribution < 1.29 is 17.9 Å². The highest BCUT2D eigenvalue weighted by Gasteiger charge is 2.34. The molecule has 5 heteroatoms. The summed E-state index contributed by atoms with van der Waals surface area (Å²) in [6.45, 7) is 0.137. The van der Waals surface area contributed by atoms with E-state index in [4.69, 9.17) is 10.5 Å². The lowest BCUT2D eigenvalue weighted by Crippen LogP contribution is -2.39. The molecule has 0 bridgehead atoms. The van der Waals surface area contributed by atoms with Crippen LogP contribution in [-0.2, 0) is 6.18 Å². The van der Waals surface area contributed by atoms with Gasteiger partial charge < -0.3 is 10.5 Å². The van der Waals surface area contributed by atoms with Gasteiger partial charge in [0.1, 0.15) is 12.4 Å². The van der Waals surface area contributed by atoms with Crippen LogP contribution in [0.1, 0.15) is 24.8 Å². The van der Waals surface area contributed by atoms with E-state index in [1.165, 1.54) is 18.2 Å². The van der Waals surface area contributed by atoms with E-state index in [0.717, 1.165) is 25.3 Å². The summed E-state index contributed by atoms with van der Waals surface area (Å²) < 4.78 is 43.3. The molecule has 1 aliphatic rings. The number of ether oxygens (including phenoxy) is 1. The number of rotatable bonds is 4. The van der Waals surface area contributed by atoms with Crippen LogP contribution in [0.4, 0.5) is 13.2 Å². The maximum absolute atomic E-state index is 12.7. The number of hydrogen-bond acceptors (Lipinski definition) is 2. The number of para-hydroxylation sites is 1. The van der Waals surface area contributed by atoms with E-state index in [1.807, 2.05) is 0 Å². The first-order valence-corrected chi connectivity index (χ1v) is 6.03. The molecule has 100 valence electrons. The van der Waals surface area contributed by atoms with Crippen molar-refractivity contribution in [3.05, 3.63) is 29.8 Å². The van der Waals surface area contributed by atoms with Gasteiger partial charge in [0.2, 0.25) is 0 Å². The molecule has 1 saturated carbocycles. The predicted octanol–water partition coefficient (Wildman–Crippen LogP) is 3.21. The summed E-state index contributed by atoms with van der Waals surface area (Å²) in [7, 11) is 0. The topological polar surface area (TPSA) is 35.2 Å². The summed E-state index contributed by atoms with van der Waals surface area (Å²) in [4.78, 5) is 0. The Morgan fingerprint density at radius 1 is 1.28 bits per heavy atom. The molecule has 0 aliphatic heterocycles. The SMILES string of the molecule is NC(COc1ccccc1C(F)(F)F)C1CCC1. The Balaban J connectivity index is 2.00. The summed E-state index contributed by atoms with van der Waals surface area (Å²) >= 11 is 0. The highest BCUT2D eigenvalue weighted by molar-refractivity contribution is 5.35. The molecule has 0 heterocycles. The number of benzene rings is 1. The van der Waals surface area contributed by atoms with E-state index in [-0.39, 0.29) is 18.4 Å². The second-order valence-corrected chi connectivity index (χ2v) is 4.66. The maximum Gasteiger partial charge on any atom is 0.419 e. The average Bonchev–Trinajstić information content (AvgIpc) is 2.23. The van der Waals surface area contributed by atoms with Crippen LogP contribution in [0.25, 0.3) is 0 Å². The van der Waals surface area contributed by atoms with Crippen LogP contribution < -0.4 is 10.5 Å². The molecular formula is C13H16F3NO. The van der Waals surface area contributed by atoms with Gasteiger partial charge in [0.25, 0.3) is 0 Å². The molecule has 1 aromatic carbocycles. The molecule has 1 fully saturated rings. The van der Waals surface area contributed by atoms with E-state index in [9.17, 15) is 13.2 Å². The first-order chi connectivity index (χ1) is 8.48. The monoisotopic (exact) mass is 259 g/mol. The van der Waals surface area contributed by atoms with Crippen LogP contribution in [0, 0.1) is 5.92 Å². The molecule has 2 N–H and O–H groups in total. The normalized spacial score (nSPS) is 18.2. The number of nitrogens with two attached hydrogens (primary N) is 1. The Morgan fingerprint density at radius 2 is 1.94 bits per heavy atom. The fourth-order valence-corrected chi connectivity index (χ4v) is 2.02. The zero-order valence-corrected chi connectivity index (χ0v) is 9.91. The van der Waals surface area contributed by atoms with Gasteiger partial charge in [-0.1, -0.05) is 18.6 Å². The van der Waals surface area contributed by atoms with E-state index in [0.29, 0.717) is 5.92 Å². The van der Waals surface area contributed by atoms with Gasteiger partial charge in [-0.15, -0.1) is 0 Å². The van der Waals surface area contributed by atoms with Crippen molar-refractivity contribution in [3.63, 3.8) is 0 Å². The smallest absolute Gasteiger partial charge is 0.419 e. The van der Waals surface area contributed by atoms with Gasteiger partial charge >= 0.3 is 6.18 Å². The summed E-state index contributed by atoms with van der Waals surface area (Å²) in [6.07, 6.45) is -1.15. The van der Waals surface area contributed by atoms with Gasteiger partial charge in [-0.25, -0.2) is 0 Å². The lowest BCUT2D eigenvalue weighted by Gasteiger charge is -2.31. The quantitative estimate of drug-likeness (QED) is 0.901. The lowest BCUT2D eigenvalue weighted by molar-refractivity contribution is -0.139. The summed E-state index contributed by atoms with van der Waals surface area (Å²) in [5, 5.41) is 0. The van der Waals surface area contributed by atoms with Crippen molar-refractivity contribution in [2.45, 2.75) is 31.5 Å². The van der Waals surface area contributed by atoms with Gasteiger partial charge in [-0.2, -0.15) is 13.2 Å². The van der Waals surface area contributed by atoms with Crippen LogP contribution in [0.2, 0.25) is 0 Å². The van der Waals surface area contributed by atoms with Crippen molar-refractivity contribution in [2.24, 2.45) is 11.7 Å². The van der Waals surface area contributed by atoms with Gasteiger partial charge in [-0.3, -0.25) is 0 Å². The molecule has 0 saturated heterocycles. The predicted molar refractivity (Wildman–Crippen MR) is 62.3 cm³/mol. The second-order valence-electron chi connectivity index (χ2n) is 4.66. The van der Waals surface area contributed by atoms with E-state index in [2.05, 4.69) is 0 Å². The summed E-state index contributed by atoms with van der Waals surface area (Å²) in [5.74, 6) is 0.253. The standard InChI is InChI=1S/C13H16F3NO/c14-13(15,16)10-6-1-2-7-12(10)18-8-11(17)9-4-3-5-9/h1-2,6-7,9,11H,3-5,8,17H2. The minimum Gasteiger partial charge on any atom is -0.491 e. The molecule has 18 heavy (non-hydrogen) atoms. The first-order valence-electron chi connectivity index (χ1n) is 6.03. The number of halogens is 3. The number of alkyl halides is 3. The highest BCUT2D eigenvalue weighted by atomic mass is 19.4. The van der Waals surface area contributed by atoms with E-state index < -0.39 is 11.7 Å². The number of hydrogen-bond donors (Lipinski definition) is 1. The third-order valence-electron chi connectivity index (χ3n) is 3.38. The van der Waals surface area contributed by atoms with Crippen LogP contribution in [0.5, 0.6) is 5.75 Å². The molecule has 1 unspecified atom stereocenters. The average molecular weight is 259 g/mol. The molecule has 1 aromatic rings. The molecule has 0 amide bonds. The third-order valence-corrected chi connectivity index (χ3v) is 3.38. The van der Waals surface area contributed by atoms with Crippen LogP contribution in [-0.4, -0.2) is 12.6 Å². The minimum atomic E-state index is -4.39. The zero-order chi connectivity index (χ0) is 13.2. The molecule has 0 aromatic heterocycles. The fraction of sp³-hybridized carbons (Fsp3) is 0.538. The largest absolute Gasteiger partial charge is 0.491 e. The third kappa shape index (κ3) is 2.96. The van der Waals surface area contributed by atoms with Crippen LogP contribution in [0.15, 0.2) is 24.3 Å². The van der Waals surface area contributed by atoms with Gasteiger partial charge in [0, 0.05) is 6.04 Å². The molecule has 1 aliphatic carbocycles. The second kappa shape index (κ2) is 5.18. The zero-order valence-electron chi connectivity index (χ0n) is 9.91. The fourth-order valence-electron chi connectivity index (χ4n) is 2.02.